The fourth-order valence-corrected chi connectivity index (χ4v) is 1.96. The highest BCUT2D eigenvalue weighted by atomic mass is 32.2. The summed E-state index contributed by atoms with van der Waals surface area (Å²) in [5.41, 5.74) is 0.234. The van der Waals surface area contributed by atoms with E-state index in [4.69, 9.17) is 5.11 Å². The molecule has 1 rings (SSSR count). The van der Waals surface area contributed by atoms with Gasteiger partial charge in [-0.3, -0.25) is 4.79 Å². The fraction of sp³-hybridized carbons (Fsp3) is 0.300. The first-order valence-electron chi connectivity index (χ1n) is 4.46. The number of carboxylic acids is 1. The zero-order chi connectivity index (χ0) is 12.5. The fourth-order valence-electron chi connectivity index (χ4n) is 1.23. The highest BCUT2D eigenvalue weighted by Crippen LogP contribution is 2.21. The SMILES string of the molecule is C[C@@H](C(=O)O)c1ccc(S(C)(=O)=O)c(F)c1. The second-order valence-electron chi connectivity index (χ2n) is 3.52. The predicted molar refractivity (Wildman–Crippen MR) is 55.6 cm³/mol. The van der Waals surface area contributed by atoms with Crippen molar-refractivity contribution in [3.63, 3.8) is 0 Å². The van der Waals surface area contributed by atoms with Crippen LogP contribution < -0.4 is 0 Å². The summed E-state index contributed by atoms with van der Waals surface area (Å²) < 4.78 is 35.6. The van der Waals surface area contributed by atoms with E-state index >= 15 is 0 Å². The number of sulfone groups is 1. The van der Waals surface area contributed by atoms with Crippen LogP contribution in [0.1, 0.15) is 18.4 Å². The van der Waals surface area contributed by atoms with Gasteiger partial charge in [0.05, 0.1) is 5.92 Å². The van der Waals surface area contributed by atoms with Crippen LogP contribution in [-0.4, -0.2) is 25.7 Å². The molecule has 0 fully saturated rings. The summed E-state index contributed by atoms with van der Waals surface area (Å²) in [5, 5.41) is 8.71. The molecule has 0 aliphatic heterocycles. The van der Waals surface area contributed by atoms with Crippen molar-refractivity contribution in [1.29, 1.82) is 0 Å². The van der Waals surface area contributed by atoms with Crippen molar-refractivity contribution in [3.05, 3.63) is 29.6 Å². The third-order valence-corrected chi connectivity index (χ3v) is 3.36. The van der Waals surface area contributed by atoms with Crippen molar-refractivity contribution in [2.45, 2.75) is 17.7 Å². The van der Waals surface area contributed by atoms with E-state index in [-0.39, 0.29) is 5.56 Å². The molecule has 16 heavy (non-hydrogen) atoms. The van der Waals surface area contributed by atoms with E-state index in [2.05, 4.69) is 0 Å². The Morgan fingerprint density at radius 1 is 1.44 bits per heavy atom. The molecule has 0 aliphatic carbocycles. The van der Waals surface area contributed by atoms with Gasteiger partial charge in [-0.05, 0) is 24.6 Å². The smallest absolute Gasteiger partial charge is 0.310 e. The van der Waals surface area contributed by atoms with Gasteiger partial charge in [-0.15, -0.1) is 0 Å². The third kappa shape index (κ3) is 2.57. The molecular formula is C10H11FO4S. The highest BCUT2D eigenvalue weighted by molar-refractivity contribution is 7.90. The molecular weight excluding hydrogens is 235 g/mol. The van der Waals surface area contributed by atoms with Crippen molar-refractivity contribution < 1.29 is 22.7 Å². The van der Waals surface area contributed by atoms with Gasteiger partial charge in [0.1, 0.15) is 10.7 Å². The molecule has 0 radical (unpaired) electrons. The minimum Gasteiger partial charge on any atom is -0.481 e. The zero-order valence-electron chi connectivity index (χ0n) is 8.77. The van der Waals surface area contributed by atoms with Gasteiger partial charge < -0.3 is 5.11 Å². The summed E-state index contributed by atoms with van der Waals surface area (Å²) in [6.07, 6.45) is 0.895. The lowest BCUT2D eigenvalue weighted by Crippen LogP contribution is -2.09. The summed E-state index contributed by atoms with van der Waals surface area (Å²) in [6.45, 7) is 1.40. The Hall–Kier alpha value is -1.43. The second kappa shape index (κ2) is 4.21. The maximum absolute atomic E-state index is 13.4. The number of rotatable bonds is 3. The van der Waals surface area contributed by atoms with Crippen LogP contribution in [0, 0.1) is 5.82 Å². The van der Waals surface area contributed by atoms with Gasteiger partial charge in [-0.2, -0.15) is 0 Å². The molecule has 0 bridgehead atoms. The number of hydrogen-bond acceptors (Lipinski definition) is 3. The first kappa shape index (κ1) is 12.6. The quantitative estimate of drug-likeness (QED) is 0.875. The molecule has 1 aromatic rings. The molecule has 1 N–H and O–H groups in total. The lowest BCUT2D eigenvalue weighted by Gasteiger charge is -2.08. The van der Waals surface area contributed by atoms with Crippen LogP contribution in [0.3, 0.4) is 0 Å². The van der Waals surface area contributed by atoms with E-state index in [1.807, 2.05) is 0 Å². The van der Waals surface area contributed by atoms with Crippen LogP contribution in [0.4, 0.5) is 4.39 Å². The Bertz CT molecular complexity index is 522. The number of carbonyl (C=O) groups is 1. The highest BCUT2D eigenvalue weighted by Gasteiger charge is 2.18. The molecule has 0 saturated heterocycles. The van der Waals surface area contributed by atoms with Crippen molar-refractivity contribution in [3.8, 4) is 0 Å². The minimum atomic E-state index is -3.62. The van der Waals surface area contributed by atoms with Crippen LogP contribution in [0.25, 0.3) is 0 Å². The van der Waals surface area contributed by atoms with Crippen molar-refractivity contribution >= 4 is 15.8 Å². The summed E-state index contributed by atoms with van der Waals surface area (Å²) in [6, 6.07) is 3.33. The number of halogens is 1. The molecule has 1 atom stereocenters. The zero-order valence-corrected chi connectivity index (χ0v) is 9.58. The summed E-state index contributed by atoms with van der Waals surface area (Å²) in [5.74, 6) is -2.89. The molecule has 88 valence electrons. The van der Waals surface area contributed by atoms with Gasteiger partial charge in [-0.25, -0.2) is 12.8 Å². The molecule has 1 aromatic carbocycles. The maximum Gasteiger partial charge on any atom is 0.310 e. The largest absolute Gasteiger partial charge is 0.481 e. The first-order chi connectivity index (χ1) is 7.23. The Morgan fingerprint density at radius 2 is 2.00 bits per heavy atom. The average molecular weight is 246 g/mol. The lowest BCUT2D eigenvalue weighted by atomic mass is 10.0. The van der Waals surface area contributed by atoms with Crippen LogP contribution in [0.5, 0.6) is 0 Å². The molecule has 0 amide bonds. The number of carboxylic acid groups (broad SMARTS) is 1. The lowest BCUT2D eigenvalue weighted by molar-refractivity contribution is -0.138. The van der Waals surface area contributed by atoms with E-state index in [0.717, 1.165) is 18.4 Å². The Kier molecular flexibility index (Phi) is 3.32. The molecule has 0 heterocycles. The van der Waals surface area contributed by atoms with E-state index < -0.39 is 32.4 Å². The Morgan fingerprint density at radius 3 is 2.38 bits per heavy atom. The van der Waals surface area contributed by atoms with E-state index in [0.29, 0.717) is 0 Å². The maximum atomic E-state index is 13.4. The van der Waals surface area contributed by atoms with Crippen molar-refractivity contribution in [1.82, 2.24) is 0 Å². The third-order valence-electron chi connectivity index (χ3n) is 2.23. The van der Waals surface area contributed by atoms with Crippen LogP contribution in [-0.2, 0) is 14.6 Å². The molecule has 0 saturated carbocycles. The van der Waals surface area contributed by atoms with Crippen molar-refractivity contribution in [2.24, 2.45) is 0 Å². The monoisotopic (exact) mass is 246 g/mol. The van der Waals surface area contributed by atoms with Crippen LogP contribution >= 0.6 is 0 Å². The van der Waals surface area contributed by atoms with E-state index in [1.54, 1.807) is 0 Å². The Labute approximate surface area is 92.6 Å². The minimum absolute atomic E-state index is 0.234. The molecule has 0 aromatic heterocycles. The van der Waals surface area contributed by atoms with Gasteiger partial charge in [0.2, 0.25) is 0 Å². The number of aliphatic carboxylic acids is 1. The second-order valence-corrected chi connectivity index (χ2v) is 5.51. The number of benzene rings is 1. The molecule has 6 heteroatoms. The summed E-state index contributed by atoms with van der Waals surface area (Å²) in [4.78, 5) is 10.2. The summed E-state index contributed by atoms with van der Waals surface area (Å²) in [7, 11) is -3.62. The van der Waals surface area contributed by atoms with Gasteiger partial charge >= 0.3 is 5.97 Å². The average Bonchev–Trinajstić information content (AvgIpc) is 2.14. The predicted octanol–water partition coefficient (Wildman–Crippen LogP) is 1.42. The number of hydrogen-bond donors (Lipinski definition) is 1. The van der Waals surface area contributed by atoms with Gasteiger partial charge in [-0.1, -0.05) is 6.07 Å². The van der Waals surface area contributed by atoms with Gasteiger partial charge in [0, 0.05) is 6.26 Å². The van der Waals surface area contributed by atoms with Gasteiger partial charge in [0.25, 0.3) is 0 Å². The molecule has 0 unspecified atom stereocenters. The molecule has 4 nitrogen and oxygen atoms in total. The first-order valence-corrected chi connectivity index (χ1v) is 6.35. The van der Waals surface area contributed by atoms with E-state index in [1.165, 1.54) is 13.0 Å². The summed E-state index contributed by atoms with van der Waals surface area (Å²) >= 11 is 0. The van der Waals surface area contributed by atoms with Crippen LogP contribution in [0.2, 0.25) is 0 Å². The van der Waals surface area contributed by atoms with Crippen molar-refractivity contribution in [2.75, 3.05) is 6.26 Å². The van der Waals surface area contributed by atoms with Gasteiger partial charge in [0.15, 0.2) is 9.84 Å². The normalized spacial score (nSPS) is 13.4. The van der Waals surface area contributed by atoms with E-state index in [9.17, 15) is 17.6 Å². The molecule has 0 aliphatic rings. The Balaban J connectivity index is 3.25. The topological polar surface area (TPSA) is 71.4 Å². The molecule has 0 spiro atoms. The standard InChI is InChI=1S/C10H11FO4S/c1-6(10(12)13)7-3-4-9(8(11)5-7)16(2,14)15/h3-6H,1-2H3,(H,12,13)/t6-/m1/s1. The van der Waals surface area contributed by atoms with Crippen LogP contribution in [0.15, 0.2) is 23.1 Å².